The van der Waals surface area contributed by atoms with Gasteiger partial charge in [0.25, 0.3) is 0 Å². The van der Waals surface area contributed by atoms with E-state index in [1.165, 1.54) is 0 Å². The fourth-order valence-corrected chi connectivity index (χ4v) is 2.02. The van der Waals surface area contributed by atoms with Crippen molar-refractivity contribution >= 4 is 11.8 Å². The van der Waals surface area contributed by atoms with Crippen LogP contribution in [0.4, 0.5) is 0 Å². The Kier molecular flexibility index (Phi) is 5.07. The van der Waals surface area contributed by atoms with Gasteiger partial charge in [-0.1, -0.05) is 0 Å². The molecule has 80 valence electrons. The van der Waals surface area contributed by atoms with E-state index in [2.05, 4.69) is 19.0 Å². The van der Waals surface area contributed by atoms with Crippen LogP contribution in [0.25, 0.3) is 0 Å². The minimum absolute atomic E-state index is 0.488. The van der Waals surface area contributed by atoms with E-state index in [1.807, 2.05) is 23.9 Å². The van der Waals surface area contributed by atoms with E-state index in [0.717, 1.165) is 29.6 Å². The molecule has 2 N–H and O–H groups in total. The molecule has 0 aromatic carbocycles. The van der Waals surface area contributed by atoms with Crippen LogP contribution in [-0.4, -0.2) is 31.3 Å². The molecule has 0 aliphatic rings. The Morgan fingerprint density at radius 2 is 2.07 bits per heavy atom. The van der Waals surface area contributed by atoms with E-state index in [4.69, 9.17) is 10.2 Å². The van der Waals surface area contributed by atoms with Gasteiger partial charge in [-0.25, -0.2) is 0 Å². The molecular formula is C10H18N2OS. The summed E-state index contributed by atoms with van der Waals surface area (Å²) in [6, 6.07) is 3.95. The Labute approximate surface area is 89.6 Å². The smallest absolute Gasteiger partial charge is 0.117 e. The molecular weight excluding hydrogens is 196 g/mol. The zero-order valence-corrected chi connectivity index (χ0v) is 9.64. The molecule has 0 aliphatic heterocycles. The molecule has 1 heterocycles. The van der Waals surface area contributed by atoms with Gasteiger partial charge in [0.15, 0.2) is 0 Å². The number of hydrogen-bond donors (Lipinski definition) is 1. The average molecular weight is 214 g/mol. The zero-order chi connectivity index (χ0) is 10.4. The van der Waals surface area contributed by atoms with E-state index in [-0.39, 0.29) is 0 Å². The van der Waals surface area contributed by atoms with Gasteiger partial charge in [0.1, 0.15) is 11.5 Å². The van der Waals surface area contributed by atoms with Crippen molar-refractivity contribution < 1.29 is 4.42 Å². The van der Waals surface area contributed by atoms with Crippen molar-refractivity contribution in [3.63, 3.8) is 0 Å². The lowest BCUT2D eigenvalue weighted by Crippen LogP contribution is -2.14. The van der Waals surface area contributed by atoms with Gasteiger partial charge in [-0.15, -0.1) is 0 Å². The first kappa shape index (κ1) is 11.6. The quantitative estimate of drug-likeness (QED) is 0.729. The van der Waals surface area contributed by atoms with Gasteiger partial charge in [-0.2, -0.15) is 11.8 Å². The molecule has 0 aliphatic carbocycles. The van der Waals surface area contributed by atoms with Crippen LogP contribution < -0.4 is 5.73 Å². The molecule has 0 unspecified atom stereocenters. The molecule has 0 spiro atoms. The SMILES string of the molecule is CN(C)CCSCc1ccc(CN)o1. The molecule has 0 fully saturated rings. The first-order valence-corrected chi connectivity index (χ1v) is 5.88. The van der Waals surface area contributed by atoms with E-state index < -0.39 is 0 Å². The Bertz CT molecular complexity index is 260. The van der Waals surface area contributed by atoms with Crippen LogP contribution in [0, 0.1) is 0 Å². The van der Waals surface area contributed by atoms with Crippen LogP contribution in [0.2, 0.25) is 0 Å². The summed E-state index contributed by atoms with van der Waals surface area (Å²) in [5, 5.41) is 0. The predicted molar refractivity (Wildman–Crippen MR) is 61.3 cm³/mol. The Morgan fingerprint density at radius 3 is 2.64 bits per heavy atom. The lowest BCUT2D eigenvalue weighted by Gasteiger charge is -2.07. The van der Waals surface area contributed by atoms with Gasteiger partial charge in [-0.05, 0) is 26.2 Å². The molecule has 3 nitrogen and oxygen atoms in total. The van der Waals surface area contributed by atoms with Gasteiger partial charge in [0.2, 0.25) is 0 Å². The van der Waals surface area contributed by atoms with Crippen molar-refractivity contribution in [2.75, 3.05) is 26.4 Å². The van der Waals surface area contributed by atoms with E-state index >= 15 is 0 Å². The molecule has 1 rings (SSSR count). The molecule has 0 bridgehead atoms. The highest BCUT2D eigenvalue weighted by molar-refractivity contribution is 7.98. The van der Waals surface area contributed by atoms with Crippen molar-refractivity contribution in [2.45, 2.75) is 12.3 Å². The molecule has 14 heavy (non-hydrogen) atoms. The largest absolute Gasteiger partial charge is 0.464 e. The summed E-state index contributed by atoms with van der Waals surface area (Å²) in [6.45, 7) is 1.59. The third-order valence-corrected chi connectivity index (χ3v) is 2.81. The maximum atomic E-state index is 5.48. The number of rotatable bonds is 6. The number of nitrogens with zero attached hydrogens (tertiary/aromatic N) is 1. The maximum absolute atomic E-state index is 5.48. The summed E-state index contributed by atoms with van der Waals surface area (Å²) in [5.41, 5.74) is 5.45. The number of nitrogens with two attached hydrogens (primary N) is 1. The molecule has 1 aromatic rings. The van der Waals surface area contributed by atoms with Crippen LogP contribution in [0.5, 0.6) is 0 Å². The van der Waals surface area contributed by atoms with Crippen molar-refractivity contribution in [3.05, 3.63) is 23.7 Å². The Morgan fingerprint density at radius 1 is 1.36 bits per heavy atom. The van der Waals surface area contributed by atoms with Gasteiger partial charge < -0.3 is 15.1 Å². The van der Waals surface area contributed by atoms with Crippen LogP contribution in [0.3, 0.4) is 0 Å². The van der Waals surface area contributed by atoms with Crippen molar-refractivity contribution in [3.8, 4) is 0 Å². The molecule has 0 atom stereocenters. The van der Waals surface area contributed by atoms with Crippen molar-refractivity contribution in [1.82, 2.24) is 4.90 Å². The molecule has 4 heteroatoms. The van der Waals surface area contributed by atoms with Crippen LogP contribution in [0.1, 0.15) is 11.5 Å². The Hall–Kier alpha value is -0.450. The lowest BCUT2D eigenvalue weighted by molar-refractivity contribution is 0.437. The maximum Gasteiger partial charge on any atom is 0.117 e. The Balaban J connectivity index is 2.18. The van der Waals surface area contributed by atoms with E-state index in [9.17, 15) is 0 Å². The fraction of sp³-hybridized carbons (Fsp3) is 0.600. The highest BCUT2D eigenvalue weighted by Crippen LogP contribution is 2.14. The first-order chi connectivity index (χ1) is 6.72. The second-order valence-electron chi connectivity index (χ2n) is 3.43. The summed E-state index contributed by atoms with van der Waals surface area (Å²) in [6.07, 6.45) is 0. The van der Waals surface area contributed by atoms with Crippen LogP contribution >= 0.6 is 11.8 Å². The van der Waals surface area contributed by atoms with E-state index in [1.54, 1.807) is 0 Å². The van der Waals surface area contributed by atoms with Gasteiger partial charge in [-0.3, -0.25) is 0 Å². The summed E-state index contributed by atoms with van der Waals surface area (Å²) in [7, 11) is 4.17. The third-order valence-electron chi connectivity index (χ3n) is 1.85. The predicted octanol–water partition coefficient (Wildman–Crippen LogP) is 1.53. The number of furan rings is 1. The second-order valence-corrected chi connectivity index (χ2v) is 4.53. The van der Waals surface area contributed by atoms with Crippen LogP contribution in [-0.2, 0) is 12.3 Å². The standard InChI is InChI=1S/C10H18N2OS/c1-12(2)5-6-14-8-10-4-3-9(7-11)13-10/h3-4H,5-8,11H2,1-2H3. The third kappa shape index (κ3) is 4.17. The first-order valence-electron chi connectivity index (χ1n) is 4.72. The van der Waals surface area contributed by atoms with E-state index in [0.29, 0.717) is 6.54 Å². The highest BCUT2D eigenvalue weighted by atomic mass is 32.2. The van der Waals surface area contributed by atoms with Gasteiger partial charge >= 0.3 is 0 Å². The van der Waals surface area contributed by atoms with Crippen molar-refractivity contribution in [1.29, 1.82) is 0 Å². The molecule has 0 radical (unpaired) electrons. The summed E-state index contributed by atoms with van der Waals surface area (Å²) < 4.78 is 5.48. The van der Waals surface area contributed by atoms with Gasteiger partial charge in [0, 0.05) is 12.3 Å². The number of thioether (sulfide) groups is 1. The molecule has 0 saturated heterocycles. The van der Waals surface area contributed by atoms with Crippen LogP contribution in [0.15, 0.2) is 16.5 Å². The lowest BCUT2D eigenvalue weighted by atomic mass is 10.4. The zero-order valence-electron chi connectivity index (χ0n) is 8.82. The van der Waals surface area contributed by atoms with Crippen molar-refractivity contribution in [2.24, 2.45) is 5.73 Å². The fourth-order valence-electron chi connectivity index (χ4n) is 1.03. The molecule has 1 aromatic heterocycles. The minimum atomic E-state index is 0.488. The average Bonchev–Trinajstić information content (AvgIpc) is 2.60. The topological polar surface area (TPSA) is 42.4 Å². The van der Waals surface area contributed by atoms with Gasteiger partial charge in [0.05, 0.1) is 12.3 Å². The normalized spacial score (nSPS) is 11.1. The summed E-state index contributed by atoms with van der Waals surface area (Å²) >= 11 is 1.88. The summed E-state index contributed by atoms with van der Waals surface area (Å²) in [4.78, 5) is 2.18. The highest BCUT2D eigenvalue weighted by Gasteiger charge is 2.00. The minimum Gasteiger partial charge on any atom is -0.464 e. The number of hydrogen-bond acceptors (Lipinski definition) is 4. The monoisotopic (exact) mass is 214 g/mol. The molecule has 0 amide bonds. The molecule has 0 saturated carbocycles. The summed E-state index contributed by atoms with van der Waals surface area (Å²) in [5.74, 6) is 3.96. The second kappa shape index (κ2) is 6.11.